The summed E-state index contributed by atoms with van der Waals surface area (Å²) >= 11 is 0. The number of nitrogens with zero attached hydrogens (tertiary/aromatic N) is 1. The molecular formula is C18H23NO4. The van der Waals surface area contributed by atoms with E-state index in [1.165, 1.54) is 6.26 Å². The smallest absolute Gasteiger partial charge is 0.351 e. The van der Waals surface area contributed by atoms with Crippen molar-refractivity contribution in [3.8, 4) is 0 Å². The van der Waals surface area contributed by atoms with Gasteiger partial charge >= 0.3 is 5.97 Å². The third-order valence-corrected chi connectivity index (χ3v) is 3.90. The van der Waals surface area contributed by atoms with Gasteiger partial charge in [-0.3, -0.25) is 0 Å². The zero-order valence-corrected chi connectivity index (χ0v) is 13.6. The zero-order valence-electron chi connectivity index (χ0n) is 13.6. The molecule has 1 N–H and O–H groups in total. The summed E-state index contributed by atoms with van der Waals surface area (Å²) in [5, 5.41) is 11.0. The van der Waals surface area contributed by atoms with Crippen LogP contribution in [0.25, 0.3) is 0 Å². The van der Waals surface area contributed by atoms with E-state index in [-0.39, 0.29) is 12.4 Å². The Bertz CT molecular complexity index is 593. The number of ether oxygens (including phenoxy) is 1. The molecule has 0 aliphatic rings. The van der Waals surface area contributed by atoms with Crippen LogP contribution in [0.2, 0.25) is 0 Å². The van der Waals surface area contributed by atoms with Crippen LogP contribution >= 0.6 is 0 Å². The summed E-state index contributed by atoms with van der Waals surface area (Å²) in [5.74, 6) is -0.581. The van der Waals surface area contributed by atoms with E-state index in [1.807, 2.05) is 6.07 Å². The second-order valence-corrected chi connectivity index (χ2v) is 5.22. The van der Waals surface area contributed by atoms with Gasteiger partial charge in [0.2, 0.25) is 5.60 Å². The highest BCUT2D eigenvalue weighted by atomic mass is 16.6. The number of carbonyl (C=O) groups excluding carboxylic acids is 1. The van der Waals surface area contributed by atoms with Crippen molar-refractivity contribution in [3.63, 3.8) is 0 Å². The molecule has 0 amide bonds. The summed E-state index contributed by atoms with van der Waals surface area (Å²) in [7, 11) is 0. The molecule has 1 atom stereocenters. The van der Waals surface area contributed by atoms with Crippen LogP contribution in [-0.2, 0) is 15.1 Å². The van der Waals surface area contributed by atoms with E-state index in [4.69, 9.17) is 9.15 Å². The largest absolute Gasteiger partial charge is 0.465 e. The number of likely N-dealkylation sites (N-methyl/N-ethyl adjacent to an activating group) is 1. The molecule has 0 spiro atoms. The highest BCUT2D eigenvalue weighted by Gasteiger charge is 2.44. The molecule has 0 saturated carbocycles. The Morgan fingerprint density at radius 3 is 2.43 bits per heavy atom. The maximum Gasteiger partial charge on any atom is 0.351 e. The molecule has 0 aliphatic carbocycles. The predicted octanol–water partition coefficient (Wildman–Crippen LogP) is 2.40. The van der Waals surface area contributed by atoms with Gasteiger partial charge in [-0.15, -0.1) is 0 Å². The van der Waals surface area contributed by atoms with Crippen LogP contribution in [0.3, 0.4) is 0 Å². The maximum atomic E-state index is 12.6. The molecule has 5 nitrogen and oxygen atoms in total. The predicted molar refractivity (Wildman–Crippen MR) is 86.9 cm³/mol. The van der Waals surface area contributed by atoms with E-state index >= 15 is 0 Å². The van der Waals surface area contributed by atoms with Crippen LogP contribution in [0.4, 0.5) is 0 Å². The summed E-state index contributed by atoms with van der Waals surface area (Å²) in [5.41, 5.74) is -1.52. The van der Waals surface area contributed by atoms with E-state index in [0.29, 0.717) is 12.1 Å². The second kappa shape index (κ2) is 7.94. The Morgan fingerprint density at radius 1 is 1.17 bits per heavy atom. The van der Waals surface area contributed by atoms with Gasteiger partial charge in [-0.1, -0.05) is 44.2 Å². The van der Waals surface area contributed by atoms with Crippen LogP contribution in [0.15, 0.2) is 53.1 Å². The lowest BCUT2D eigenvalue weighted by molar-refractivity contribution is -0.164. The molecule has 1 unspecified atom stereocenters. The number of aliphatic hydroxyl groups is 1. The van der Waals surface area contributed by atoms with Gasteiger partial charge in [-0.05, 0) is 25.2 Å². The molecule has 1 aromatic carbocycles. The lowest BCUT2D eigenvalue weighted by Crippen LogP contribution is -2.39. The highest BCUT2D eigenvalue weighted by Crippen LogP contribution is 2.31. The zero-order chi connectivity index (χ0) is 16.7. The number of esters is 1. The van der Waals surface area contributed by atoms with Crippen LogP contribution in [0.1, 0.15) is 25.2 Å². The molecule has 23 heavy (non-hydrogen) atoms. The van der Waals surface area contributed by atoms with Crippen LogP contribution in [-0.4, -0.2) is 42.2 Å². The van der Waals surface area contributed by atoms with Gasteiger partial charge in [0, 0.05) is 12.1 Å². The first-order valence-corrected chi connectivity index (χ1v) is 7.84. The van der Waals surface area contributed by atoms with Crippen molar-refractivity contribution in [2.45, 2.75) is 19.4 Å². The van der Waals surface area contributed by atoms with Gasteiger partial charge in [0.15, 0.2) is 5.76 Å². The Balaban J connectivity index is 2.17. The monoisotopic (exact) mass is 317 g/mol. The second-order valence-electron chi connectivity index (χ2n) is 5.22. The lowest BCUT2D eigenvalue weighted by Gasteiger charge is -2.25. The molecule has 5 heteroatoms. The number of furan rings is 1. The summed E-state index contributed by atoms with van der Waals surface area (Å²) in [4.78, 5) is 14.7. The Hall–Kier alpha value is -2.11. The van der Waals surface area contributed by atoms with Crippen molar-refractivity contribution in [2.75, 3.05) is 26.2 Å². The molecule has 0 radical (unpaired) electrons. The van der Waals surface area contributed by atoms with Gasteiger partial charge in [0.05, 0.1) is 6.26 Å². The van der Waals surface area contributed by atoms with Crippen molar-refractivity contribution in [3.05, 3.63) is 60.1 Å². The van der Waals surface area contributed by atoms with E-state index in [1.54, 1.807) is 36.4 Å². The molecule has 0 fully saturated rings. The van der Waals surface area contributed by atoms with Gasteiger partial charge < -0.3 is 19.2 Å². The van der Waals surface area contributed by atoms with E-state index < -0.39 is 11.6 Å². The van der Waals surface area contributed by atoms with Crippen LogP contribution in [0, 0.1) is 0 Å². The van der Waals surface area contributed by atoms with E-state index in [2.05, 4.69) is 18.7 Å². The van der Waals surface area contributed by atoms with Crippen molar-refractivity contribution >= 4 is 5.97 Å². The fourth-order valence-corrected chi connectivity index (χ4v) is 2.44. The molecule has 0 bridgehead atoms. The normalized spacial score (nSPS) is 13.7. The minimum atomic E-state index is -1.94. The van der Waals surface area contributed by atoms with Crippen molar-refractivity contribution in [1.29, 1.82) is 0 Å². The minimum Gasteiger partial charge on any atom is -0.465 e. The molecule has 0 aliphatic heterocycles. The van der Waals surface area contributed by atoms with Gasteiger partial charge in [-0.2, -0.15) is 0 Å². The molecule has 124 valence electrons. The SMILES string of the molecule is CCN(CC)CCOC(=O)C(O)(c1ccccc1)c1ccco1. The van der Waals surface area contributed by atoms with Crippen molar-refractivity contribution in [1.82, 2.24) is 4.90 Å². The van der Waals surface area contributed by atoms with Gasteiger partial charge in [0.1, 0.15) is 6.61 Å². The summed E-state index contributed by atoms with van der Waals surface area (Å²) in [6.07, 6.45) is 1.42. The van der Waals surface area contributed by atoms with E-state index in [0.717, 1.165) is 13.1 Å². The average Bonchev–Trinajstić information content (AvgIpc) is 3.13. The quantitative estimate of drug-likeness (QED) is 0.758. The number of benzene rings is 1. The Labute approximate surface area is 136 Å². The number of hydrogen-bond donors (Lipinski definition) is 1. The first-order valence-electron chi connectivity index (χ1n) is 7.84. The maximum absolute atomic E-state index is 12.6. The molecule has 1 heterocycles. The summed E-state index contributed by atoms with van der Waals surface area (Å²) < 4.78 is 10.6. The fourth-order valence-electron chi connectivity index (χ4n) is 2.44. The van der Waals surface area contributed by atoms with Crippen molar-refractivity contribution in [2.24, 2.45) is 0 Å². The number of carbonyl (C=O) groups is 1. The first kappa shape index (κ1) is 17.2. The fraction of sp³-hybridized carbons (Fsp3) is 0.389. The number of rotatable bonds is 8. The van der Waals surface area contributed by atoms with E-state index in [9.17, 15) is 9.90 Å². The number of hydrogen-bond acceptors (Lipinski definition) is 5. The van der Waals surface area contributed by atoms with Gasteiger partial charge in [0.25, 0.3) is 0 Å². The Morgan fingerprint density at radius 2 is 1.87 bits per heavy atom. The van der Waals surface area contributed by atoms with Crippen LogP contribution in [0.5, 0.6) is 0 Å². The minimum absolute atomic E-state index is 0.150. The first-order chi connectivity index (χ1) is 11.1. The van der Waals surface area contributed by atoms with Crippen molar-refractivity contribution < 1.29 is 19.1 Å². The molecule has 0 saturated heterocycles. The average molecular weight is 317 g/mol. The molecule has 2 aromatic rings. The molecular weight excluding hydrogens is 294 g/mol. The lowest BCUT2D eigenvalue weighted by atomic mass is 9.91. The molecule has 2 rings (SSSR count). The molecule has 1 aromatic heterocycles. The highest BCUT2D eigenvalue weighted by molar-refractivity contribution is 5.84. The standard InChI is InChI=1S/C18H23NO4/c1-3-19(4-2)12-14-23-17(20)18(21,16-11-8-13-22-16)15-9-6-5-7-10-15/h5-11,13,21H,3-4,12,14H2,1-2H3. The topological polar surface area (TPSA) is 62.9 Å². The van der Waals surface area contributed by atoms with Crippen LogP contribution < -0.4 is 0 Å². The third-order valence-electron chi connectivity index (χ3n) is 3.90. The van der Waals surface area contributed by atoms with Gasteiger partial charge in [-0.25, -0.2) is 4.79 Å². The third kappa shape index (κ3) is 3.81. The Kier molecular flexibility index (Phi) is 5.96. The summed E-state index contributed by atoms with van der Waals surface area (Å²) in [6, 6.07) is 11.9. The summed E-state index contributed by atoms with van der Waals surface area (Å²) in [6.45, 7) is 6.71.